The van der Waals surface area contributed by atoms with Crippen LogP contribution in [0.4, 0.5) is 4.79 Å². The summed E-state index contributed by atoms with van der Waals surface area (Å²) >= 11 is 0. The monoisotopic (exact) mass is 427 g/mol. The second kappa shape index (κ2) is 9.96. The van der Waals surface area contributed by atoms with Gasteiger partial charge in [0.25, 0.3) is 0 Å². The first kappa shape index (κ1) is 21.4. The van der Waals surface area contributed by atoms with E-state index in [-0.39, 0.29) is 18.9 Å². The van der Waals surface area contributed by atoms with Crippen molar-refractivity contribution in [2.75, 3.05) is 6.61 Å². The predicted octanol–water partition coefficient (Wildman–Crippen LogP) is 5.47. The van der Waals surface area contributed by atoms with E-state index in [1.807, 2.05) is 66.7 Å². The van der Waals surface area contributed by atoms with Crippen molar-refractivity contribution in [2.45, 2.75) is 24.8 Å². The lowest BCUT2D eigenvalue weighted by molar-refractivity contribution is -0.137. The van der Waals surface area contributed by atoms with Gasteiger partial charge in [-0.25, -0.2) is 4.79 Å². The molecule has 0 aliphatic heterocycles. The van der Waals surface area contributed by atoms with Gasteiger partial charge in [0.15, 0.2) is 0 Å². The molecule has 5 heteroatoms. The number of amides is 1. The Kier molecular flexibility index (Phi) is 6.66. The summed E-state index contributed by atoms with van der Waals surface area (Å²) in [6.45, 7) is 0.194. The van der Waals surface area contributed by atoms with Crippen LogP contribution in [0.2, 0.25) is 0 Å². The van der Waals surface area contributed by atoms with Crippen LogP contribution in [0.15, 0.2) is 84.9 Å². The van der Waals surface area contributed by atoms with E-state index < -0.39 is 18.1 Å². The molecule has 3 aromatic carbocycles. The maximum absolute atomic E-state index is 12.5. The van der Waals surface area contributed by atoms with Crippen LogP contribution in [0.25, 0.3) is 17.2 Å². The van der Waals surface area contributed by atoms with E-state index in [4.69, 9.17) is 4.74 Å². The average Bonchev–Trinajstić information content (AvgIpc) is 3.12. The summed E-state index contributed by atoms with van der Waals surface area (Å²) in [6, 6.07) is 25.4. The lowest BCUT2D eigenvalue weighted by atomic mass is 9.98. The molecule has 0 saturated carbocycles. The van der Waals surface area contributed by atoms with Crippen molar-refractivity contribution < 1.29 is 19.4 Å². The Hall–Kier alpha value is -3.86. The third-order valence-corrected chi connectivity index (χ3v) is 5.62. The second-order valence-electron chi connectivity index (χ2n) is 7.81. The summed E-state index contributed by atoms with van der Waals surface area (Å²) in [7, 11) is 0. The van der Waals surface area contributed by atoms with Gasteiger partial charge in [0.2, 0.25) is 0 Å². The first-order valence-corrected chi connectivity index (χ1v) is 10.7. The van der Waals surface area contributed by atoms with Gasteiger partial charge in [-0.1, -0.05) is 91.0 Å². The van der Waals surface area contributed by atoms with E-state index in [1.54, 1.807) is 0 Å². The van der Waals surface area contributed by atoms with Crippen LogP contribution < -0.4 is 5.32 Å². The Morgan fingerprint density at radius 3 is 2.12 bits per heavy atom. The first-order chi connectivity index (χ1) is 15.6. The van der Waals surface area contributed by atoms with Gasteiger partial charge in [0.1, 0.15) is 6.61 Å². The number of carboxylic acids is 1. The molecule has 0 bridgehead atoms. The number of aliphatic carboxylic acids is 1. The number of fused-ring (bicyclic) bond motifs is 3. The highest BCUT2D eigenvalue weighted by Crippen LogP contribution is 2.44. The van der Waals surface area contributed by atoms with Gasteiger partial charge < -0.3 is 15.2 Å². The lowest BCUT2D eigenvalue weighted by Gasteiger charge is -2.18. The Morgan fingerprint density at radius 2 is 1.50 bits per heavy atom. The van der Waals surface area contributed by atoms with Crippen molar-refractivity contribution >= 4 is 18.1 Å². The Morgan fingerprint density at radius 1 is 0.906 bits per heavy atom. The molecule has 1 amide bonds. The van der Waals surface area contributed by atoms with E-state index >= 15 is 0 Å². The maximum Gasteiger partial charge on any atom is 0.407 e. The van der Waals surface area contributed by atoms with Crippen molar-refractivity contribution in [3.63, 3.8) is 0 Å². The molecule has 1 atom stereocenters. The number of nitrogens with one attached hydrogen (secondary N) is 1. The number of carbonyl (C=O) groups is 2. The SMILES string of the molecule is O=C(O)C[C@H](CC=Cc1ccccc1)NC(=O)OCC1c2ccccc2-c2ccccc21. The third-order valence-electron chi connectivity index (χ3n) is 5.62. The van der Waals surface area contributed by atoms with Crippen molar-refractivity contribution in [3.8, 4) is 11.1 Å². The molecule has 0 fully saturated rings. The molecular weight excluding hydrogens is 402 g/mol. The quantitative estimate of drug-likeness (QED) is 0.500. The number of hydrogen-bond donors (Lipinski definition) is 2. The largest absolute Gasteiger partial charge is 0.481 e. The van der Waals surface area contributed by atoms with Crippen LogP contribution in [0.5, 0.6) is 0 Å². The van der Waals surface area contributed by atoms with Crippen molar-refractivity contribution in [2.24, 2.45) is 0 Å². The standard InChI is InChI=1S/C27H25NO4/c29-26(30)17-20(12-8-11-19-9-2-1-3-10-19)28-27(31)32-18-25-23-15-6-4-13-21(23)22-14-5-7-16-24(22)25/h1-11,13-16,20,25H,12,17-18H2,(H,28,31)(H,29,30)/t20-/m0/s1. The van der Waals surface area contributed by atoms with Crippen LogP contribution in [-0.4, -0.2) is 29.8 Å². The highest BCUT2D eigenvalue weighted by Gasteiger charge is 2.29. The molecule has 0 radical (unpaired) electrons. The Bertz CT molecular complexity index is 1080. The summed E-state index contributed by atoms with van der Waals surface area (Å²) < 4.78 is 5.55. The van der Waals surface area contributed by atoms with E-state index in [0.29, 0.717) is 6.42 Å². The highest BCUT2D eigenvalue weighted by atomic mass is 16.5. The van der Waals surface area contributed by atoms with Gasteiger partial charge in [0.05, 0.1) is 6.42 Å². The predicted molar refractivity (Wildman–Crippen MR) is 124 cm³/mol. The van der Waals surface area contributed by atoms with E-state index in [2.05, 4.69) is 29.6 Å². The Balaban J connectivity index is 1.38. The summed E-state index contributed by atoms with van der Waals surface area (Å²) in [5.74, 6) is -1.01. The molecule has 0 spiro atoms. The fourth-order valence-corrected chi connectivity index (χ4v) is 4.14. The van der Waals surface area contributed by atoms with E-state index in [9.17, 15) is 14.7 Å². The summed E-state index contributed by atoms with van der Waals surface area (Å²) in [5.41, 5.74) is 5.60. The van der Waals surface area contributed by atoms with E-state index in [0.717, 1.165) is 27.8 Å². The van der Waals surface area contributed by atoms with Gasteiger partial charge in [-0.2, -0.15) is 0 Å². The molecule has 0 heterocycles. The van der Waals surface area contributed by atoms with Gasteiger partial charge in [-0.3, -0.25) is 4.79 Å². The molecule has 0 aromatic heterocycles. The number of hydrogen-bond acceptors (Lipinski definition) is 3. The molecule has 3 aromatic rings. The topological polar surface area (TPSA) is 75.6 Å². The molecule has 2 N–H and O–H groups in total. The zero-order chi connectivity index (χ0) is 22.3. The number of ether oxygens (including phenoxy) is 1. The molecule has 4 rings (SSSR count). The summed E-state index contributed by atoms with van der Waals surface area (Å²) in [4.78, 5) is 23.7. The molecule has 5 nitrogen and oxygen atoms in total. The van der Waals surface area contributed by atoms with Crippen LogP contribution in [0.1, 0.15) is 35.4 Å². The second-order valence-corrected chi connectivity index (χ2v) is 7.81. The minimum atomic E-state index is -0.970. The molecule has 1 aliphatic carbocycles. The van der Waals surface area contributed by atoms with Crippen LogP contribution in [0, 0.1) is 0 Å². The van der Waals surface area contributed by atoms with Gasteiger partial charge in [-0.15, -0.1) is 0 Å². The van der Waals surface area contributed by atoms with Gasteiger partial charge >= 0.3 is 12.1 Å². The minimum Gasteiger partial charge on any atom is -0.481 e. The van der Waals surface area contributed by atoms with Crippen LogP contribution >= 0.6 is 0 Å². The van der Waals surface area contributed by atoms with Crippen molar-refractivity contribution in [1.29, 1.82) is 0 Å². The maximum atomic E-state index is 12.5. The van der Waals surface area contributed by atoms with Crippen LogP contribution in [0.3, 0.4) is 0 Å². The molecule has 32 heavy (non-hydrogen) atoms. The number of benzene rings is 3. The van der Waals surface area contributed by atoms with Crippen molar-refractivity contribution in [3.05, 3.63) is 102 Å². The number of carbonyl (C=O) groups excluding carboxylic acids is 1. The number of rotatable bonds is 8. The van der Waals surface area contributed by atoms with Crippen molar-refractivity contribution in [1.82, 2.24) is 5.32 Å². The zero-order valence-corrected chi connectivity index (χ0v) is 17.6. The third kappa shape index (κ3) is 5.06. The van der Waals surface area contributed by atoms with Gasteiger partial charge in [-0.05, 0) is 34.2 Å². The van der Waals surface area contributed by atoms with Crippen LogP contribution in [-0.2, 0) is 9.53 Å². The first-order valence-electron chi connectivity index (χ1n) is 10.7. The number of carboxylic acid groups (broad SMARTS) is 1. The zero-order valence-electron chi connectivity index (χ0n) is 17.6. The summed E-state index contributed by atoms with van der Waals surface area (Å²) in [5, 5.41) is 11.9. The summed E-state index contributed by atoms with van der Waals surface area (Å²) in [6.07, 6.45) is 3.39. The number of alkyl carbamates (subject to hydrolysis) is 1. The Labute approximate surface area is 187 Å². The molecular formula is C27H25NO4. The molecule has 0 unspecified atom stereocenters. The smallest absolute Gasteiger partial charge is 0.407 e. The molecule has 162 valence electrons. The van der Waals surface area contributed by atoms with Gasteiger partial charge in [0, 0.05) is 12.0 Å². The fraction of sp³-hybridized carbons (Fsp3) is 0.185. The average molecular weight is 428 g/mol. The minimum absolute atomic E-state index is 0.0379. The molecule has 0 saturated heterocycles. The lowest BCUT2D eigenvalue weighted by Crippen LogP contribution is -2.37. The highest BCUT2D eigenvalue weighted by molar-refractivity contribution is 5.79. The fourth-order valence-electron chi connectivity index (χ4n) is 4.14. The van der Waals surface area contributed by atoms with E-state index in [1.165, 1.54) is 0 Å². The molecule has 1 aliphatic rings. The normalized spacial score (nSPS) is 13.4.